The van der Waals surface area contributed by atoms with Crippen LogP contribution < -0.4 is 0 Å². The molecule has 2 saturated heterocycles. The van der Waals surface area contributed by atoms with E-state index < -0.39 is 5.41 Å². The van der Waals surface area contributed by atoms with Gasteiger partial charge in [-0.3, -0.25) is 9.69 Å². The standard InChI is InChI=1S/C25H32N2O2/c1-29-24(28)25(22-10-6-3-7-11-22)14-18-27(19-15-25)23-12-16-26(17-13-23)20-21-8-4-2-5-9-21/h2-11,23H,12-20H2,1H3. The largest absolute Gasteiger partial charge is 0.468 e. The Balaban J connectivity index is 1.34. The summed E-state index contributed by atoms with van der Waals surface area (Å²) in [5.41, 5.74) is 2.01. The van der Waals surface area contributed by atoms with Gasteiger partial charge >= 0.3 is 5.97 Å². The summed E-state index contributed by atoms with van der Waals surface area (Å²) in [5.74, 6) is -0.0824. The lowest BCUT2D eigenvalue weighted by Crippen LogP contribution is -2.53. The summed E-state index contributed by atoms with van der Waals surface area (Å²) in [6, 6.07) is 21.6. The van der Waals surface area contributed by atoms with Crippen LogP contribution in [0, 0.1) is 0 Å². The highest BCUT2D eigenvalue weighted by atomic mass is 16.5. The zero-order valence-corrected chi connectivity index (χ0v) is 17.4. The van der Waals surface area contributed by atoms with Gasteiger partial charge in [0.2, 0.25) is 0 Å². The fourth-order valence-electron chi connectivity index (χ4n) is 5.12. The molecule has 2 aliphatic rings. The SMILES string of the molecule is COC(=O)C1(c2ccccc2)CCN(C2CCN(Cc3ccccc3)CC2)CC1. The van der Waals surface area contributed by atoms with Crippen molar-refractivity contribution in [2.24, 2.45) is 0 Å². The first kappa shape index (κ1) is 20.1. The Hall–Kier alpha value is -2.17. The van der Waals surface area contributed by atoms with Gasteiger partial charge in [-0.25, -0.2) is 0 Å². The minimum atomic E-state index is -0.486. The van der Waals surface area contributed by atoms with E-state index in [4.69, 9.17) is 4.74 Å². The number of benzene rings is 2. The van der Waals surface area contributed by atoms with E-state index in [0.717, 1.165) is 51.1 Å². The highest BCUT2D eigenvalue weighted by Gasteiger charge is 2.45. The second kappa shape index (κ2) is 9.10. The highest BCUT2D eigenvalue weighted by Crippen LogP contribution is 2.38. The molecule has 0 saturated carbocycles. The molecule has 4 nitrogen and oxygen atoms in total. The molecule has 0 aromatic heterocycles. The maximum absolute atomic E-state index is 12.7. The Bertz CT molecular complexity index is 777. The molecule has 154 valence electrons. The molecular formula is C25H32N2O2. The van der Waals surface area contributed by atoms with Crippen LogP contribution >= 0.6 is 0 Å². The third-order valence-corrected chi connectivity index (χ3v) is 6.88. The van der Waals surface area contributed by atoms with Crippen LogP contribution in [0.2, 0.25) is 0 Å². The van der Waals surface area contributed by atoms with Crippen molar-refractivity contribution >= 4 is 5.97 Å². The fraction of sp³-hybridized carbons (Fsp3) is 0.480. The van der Waals surface area contributed by atoms with Crippen LogP contribution in [0.1, 0.15) is 36.8 Å². The third kappa shape index (κ3) is 4.39. The van der Waals surface area contributed by atoms with Gasteiger partial charge in [0.05, 0.1) is 12.5 Å². The van der Waals surface area contributed by atoms with E-state index in [1.165, 1.54) is 25.5 Å². The van der Waals surface area contributed by atoms with Crippen LogP contribution in [-0.4, -0.2) is 55.1 Å². The molecule has 2 fully saturated rings. The molecule has 2 aromatic rings. The fourth-order valence-corrected chi connectivity index (χ4v) is 5.12. The molecule has 0 amide bonds. The Labute approximate surface area is 174 Å². The molecular weight excluding hydrogens is 360 g/mol. The maximum Gasteiger partial charge on any atom is 0.316 e. The normalized spacial score (nSPS) is 21.0. The Morgan fingerprint density at radius 1 is 0.931 bits per heavy atom. The van der Waals surface area contributed by atoms with E-state index in [1.54, 1.807) is 0 Å². The van der Waals surface area contributed by atoms with Gasteiger partial charge in [-0.2, -0.15) is 0 Å². The van der Waals surface area contributed by atoms with Gasteiger partial charge in [0.25, 0.3) is 0 Å². The summed E-state index contributed by atoms with van der Waals surface area (Å²) in [7, 11) is 1.52. The number of nitrogens with zero attached hydrogens (tertiary/aromatic N) is 2. The molecule has 0 atom stereocenters. The van der Waals surface area contributed by atoms with Crippen LogP contribution in [-0.2, 0) is 21.5 Å². The van der Waals surface area contributed by atoms with E-state index >= 15 is 0 Å². The van der Waals surface area contributed by atoms with Crippen molar-refractivity contribution in [3.63, 3.8) is 0 Å². The molecule has 0 spiro atoms. The zero-order valence-electron chi connectivity index (χ0n) is 17.4. The van der Waals surface area contributed by atoms with Crippen LogP contribution in [0.15, 0.2) is 60.7 Å². The van der Waals surface area contributed by atoms with Crippen molar-refractivity contribution in [1.29, 1.82) is 0 Å². The molecule has 4 rings (SSSR count). The summed E-state index contributed by atoms with van der Waals surface area (Å²) in [4.78, 5) is 17.9. The number of ether oxygens (including phenoxy) is 1. The van der Waals surface area contributed by atoms with E-state index in [0.29, 0.717) is 6.04 Å². The van der Waals surface area contributed by atoms with Crippen molar-refractivity contribution in [1.82, 2.24) is 9.80 Å². The lowest BCUT2D eigenvalue weighted by atomic mass is 9.72. The van der Waals surface area contributed by atoms with E-state index in [9.17, 15) is 4.79 Å². The number of piperidine rings is 2. The van der Waals surface area contributed by atoms with Gasteiger partial charge in [0, 0.05) is 12.6 Å². The van der Waals surface area contributed by atoms with Gasteiger partial charge in [-0.1, -0.05) is 60.7 Å². The number of esters is 1. The number of carbonyl (C=O) groups is 1. The van der Waals surface area contributed by atoms with Gasteiger partial charge in [-0.15, -0.1) is 0 Å². The van der Waals surface area contributed by atoms with Crippen molar-refractivity contribution in [3.8, 4) is 0 Å². The third-order valence-electron chi connectivity index (χ3n) is 6.88. The maximum atomic E-state index is 12.7. The second-order valence-electron chi connectivity index (χ2n) is 8.47. The van der Waals surface area contributed by atoms with E-state index in [-0.39, 0.29) is 5.97 Å². The summed E-state index contributed by atoms with van der Waals surface area (Å²) < 4.78 is 5.23. The molecule has 29 heavy (non-hydrogen) atoms. The monoisotopic (exact) mass is 392 g/mol. The number of hydrogen-bond acceptors (Lipinski definition) is 4. The Morgan fingerprint density at radius 2 is 1.52 bits per heavy atom. The predicted molar refractivity (Wildman–Crippen MR) is 116 cm³/mol. The van der Waals surface area contributed by atoms with Gasteiger partial charge in [-0.05, 0) is 63.0 Å². The van der Waals surface area contributed by atoms with E-state index in [2.05, 4.69) is 52.3 Å². The number of methoxy groups -OCH3 is 1. The molecule has 2 heterocycles. The summed E-state index contributed by atoms with van der Waals surface area (Å²) in [6.07, 6.45) is 4.11. The molecule has 0 unspecified atom stereocenters. The zero-order chi connectivity index (χ0) is 20.1. The van der Waals surface area contributed by atoms with Crippen LogP contribution in [0.4, 0.5) is 0 Å². The van der Waals surface area contributed by atoms with Crippen molar-refractivity contribution in [2.45, 2.75) is 43.7 Å². The first-order valence-electron chi connectivity index (χ1n) is 10.9. The Kier molecular flexibility index (Phi) is 6.31. The topological polar surface area (TPSA) is 32.8 Å². The van der Waals surface area contributed by atoms with Crippen LogP contribution in [0.5, 0.6) is 0 Å². The minimum absolute atomic E-state index is 0.0824. The van der Waals surface area contributed by atoms with Crippen molar-refractivity contribution in [2.75, 3.05) is 33.3 Å². The molecule has 0 bridgehead atoms. The van der Waals surface area contributed by atoms with Gasteiger partial charge < -0.3 is 9.64 Å². The Morgan fingerprint density at radius 3 is 2.10 bits per heavy atom. The van der Waals surface area contributed by atoms with Crippen LogP contribution in [0.3, 0.4) is 0 Å². The number of hydrogen-bond donors (Lipinski definition) is 0. The number of likely N-dealkylation sites (tertiary alicyclic amines) is 2. The molecule has 0 N–H and O–H groups in total. The lowest BCUT2D eigenvalue weighted by molar-refractivity contribution is -0.150. The van der Waals surface area contributed by atoms with Crippen molar-refractivity contribution in [3.05, 3.63) is 71.8 Å². The number of rotatable bonds is 5. The highest BCUT2D eigenvalue weighted by molar-refractivity contribution is 5.83. The van der Waals surface area contributed by atoms with Gasteiger partial charge in [0.1, 0.15) is 0 Å². The molecule has 4 heteroatoms. The molecule has 2 aromatic carbocycles. The summed E-state index contributed by atoms with van der Waals surface area (Å²) in [6.45, 7) is 5.28. The average Bonchev–Trinajstić information content (AvgIpc) is 2.80. The van der Waals surface area contributed by atoms with Crippen molar-refractivity contribution < 1.29 is 9.53 Å². The predicted octanol–water partition coefficient (Wildman–Crippen LogP) is 3.86. The van der Waals surface area contributed by atoms with Crippen LogP contribution in [0.25, 0.3) is 0 Å². The molecule has 0 aliphatic carbocycles. The average molecular weight is 393 g/mol. The first-order chi connectivity index (χ1) is 14.2. The minimum Gasteiger partial charge on any atom is -0.468 e. The lowest BCUT2D eigenvalue weighted by Gasteiger charge is -2.45. The smallest absolute Gasteiger partial charge is 0.316 e. The number of carbonyl (C=O) groups excluding carboxylic acids is 1. The molecule has 2 aliphatic heterocycles. The summed E-state index contributed by atoms with van der Waals surface area (Å²) >= 11 is 0. The van der Waals surface area contributed by atoms with Gasteiger partial charge in [0.15, 0.2) is 0 Å². The first-order valence-corrected chi connectivity index (χ1v) is 10.9. The quantitative estimate of drug-likeness (QED) is 0.724. The summed E-state index contributed by atoms with van der Waals surface area (Å²) in [5, 5.41) is 0. The second-order valence-corrected chi connectivity index (χ2v) is 8.47. The molecule has 0 radical (unpaired) electrons. The van der Waals surface area contributed by atoms with E-state index in [1.807, 2.05) is 18.2 Å².